The van der Waals surface area contributed by atoms with Gasteiger partial charge in [-0.2, -0.15) is 0 Å². The van der Waals surface area contributed by atoms with Crippen LogP contribution >= 0.6 is 11.8 Å². The van der Waals surface area contributed by atoms with Crippen LogP contribution in [0.15, 0.2) is 0 Å². The van der Waals surface area contributed by atoms with Crippen molar-refractivity contribution in [3.63, 3.8) is 0 Å². The van der Waals surface area contributed by atoms with E-state index in [1.54, 1.807) is 0 Å². The van der Waals surface area contributed by atoms with Gasteiger partial charge in [0, 0.05) is 25.6 Å². The van der Waals surface area contributed by atoms with Crippen LogP contribution in [-0.2, 0) is 14.6 Å². The van der Waals surface area contributed by atoms with E-state index in [1.807, 2.05) is 0 Å². The summed E-state index contributed by atoms with van der Waals surface area (Å²) in [6, 6.07) is -1.28. The van der Waals surface area contributed by atoms with Crippen LogP contribution in [0.5, 0.6) is 0 Å². The van der Waals surface area contributed by atoms with Crippen molar-refractivity contribution in [2.24, 2.45) is 0 Å². The molecule has 1 aliphatic rings. The minimum atomic E-state index is -3.14. The van der Waals surface area contributed by atoms with Crippen LogP contribution in [0.25, 0.3) is 0 Å². The lowest BCUT2D eigenvalue weighted by molar-refractivity contribution is -0.140. The number of aliphatic carboxylic acids is 1. The highest BCUT2D eigenvalue weighted by atomic mass is 32.2. The fourth-order valence-corrected chi connectivity index (χ4v) is 3.20. The lowest BCUT2D eigenvalue weighted by Gasteiger charge is -2.26. The van der Waals surface area contributed by atoms with Gasteiger partial charge < -0.3 is 14.9 Å². The van der Waals surface area contributed by atoms with Gasteiger partial charge >= 0.3 is 12.0 Å². The van der Waals surface area contributed by atoms with E-state index in [1.165, 1.54) is 28.6 Å². The minimum absolute atomic E-state index is 0.0607. The third-order valence-corrected chi connectivity index (χ3v) is 4.47. The molecule has 0 aromatic heterocycles. The number of carbonyl (C=O) groups excluding carboxylic acids is 1. The number of nitrogens with zero attached hydrogens (tertiary/aromatic N) is 2. The van der Waals surface area contributed by atoms with Crippen LogP contribution in [0.3, 0.4) is 0 Å². The molecule has 0 saturated carbocycles. The number of carbonyl (C=O) groups is 2. The zero-order chi connectivity index (χ0) is 13.9. The van der Waals surface area contributed by atoms with E-state index in [-0.39, 0.29) is 12.3 Å². The van der Waals surface area contributed by atoms with Gasteiger partial charge in [0.2, 0.25) is 0 Å². The molecule has 9 heteroatoms. The number of amides is 2. The molecule has 1 saturated heterocycles. The maximum atomic E-state index is 12.0. The number of urea groups is 1. The van der Waals surface area contributed by atoms with E-state index in [4.69, 9.17) is 5.11 Å². The summed E-state index contributed by atoms with van der Waals surface area (Å²) in [7, 11) is -1.67. The standard InChI is InChI=1S/C9H16N2O5S2/c1-10(3-4-18(2,15)16)9(14)11-6-17-5-7(11)8(12)13/h7H,3-6H2,1-2H3,(H,12,13). The maximum absolute atomic E-state index is 12.0. The van der Waals surface area contributed by atoms with Crippen LogP contribution in [0, 0.1) is 0 Å². The van der Waals surface area contributed by atoms with Gasteiger partial charge in [0.05, 0.1) is 11.6 Å². The Morgan fingerprint density at radius 2 is 2.11 bits per heavy atom. The fourth-order valence-electron chi connectivity index (χ4n) is 1.45. The molecule has 0 aliphatic carbocycles. The first-order valence-electron chi connectivity index (χ1n) is 5.22. The van der Waals surface area contributed by atoms with Crippen LogP contribution in [-0.4, -0.2) is 78.6 Å². The first kappa shape index (κ1) is 15.1. The van der Waals surface area contributed by atoms with Crippen molar-refractivity contribution in [3.8, 4) is 0 Å². The molecule has 18 heavy (non-hydrogen) atoms. The minimum Gasteiger partial charge on any atom is -0.480 e. The van der Waals surface area contributed by atoms with Crippen molar-refractivity contribution in [2.75, 3.05) is 37.2 Å². The van der Waals surface area contributed by atoms with Gasteiger partial charge in [-0.25, -0.2) is 18.0 Å². The molecule has 1 heterocycles. The molecule has 0 aromatic carbocycles. The Morgan fingerprint density at radius 3 is 2.61 bits per heavy atom. The molecule has 0 spiro atoms. The van der Waals surface area contributed by atoms with Gasteiger partial charge in [-0.3, -0.25) is 0 Å². The van der Waals surface area contributed by atoms with Crippen molar-refractivity contribution in [2.45, 2.75) is 6.04 Å². The highest BCUT2D eigenvalue weighted by Crippen LogP contribution is 2.22. The average molecular weight is 296 g/mol. The molecule has 7 nitrogen and oxygen atoms in total. The van der Waals surface area contributed by atoms with Gasteiger partial charge in [-0.05, 0) is 0 Å². The summed E-state index contributed by atoms with van der Waals surface area (Å²) < 4.78 is 22.0. The van der Waals surface area contributed by atoms with E-state index >= 15 is 0 Å². The van der Waals surface area contributed by atoms with Crippen molar-refractivity contribution in [1.29, 1.82) is 0 Å². The number of thioether (sulfide) groups is 1. The lowest BCUT2D eigenvalue weighted by atomic mass is 10.3. The molecule has 0 radical (unpaired) electrons. The molecular weight excluding hydrogens is 280 g/mol. The lowest BCUT2D eigenvalue weighted by Crippen LogP contribution is -2.48. The molecule has 0 bridgehead atoms. The Labute approximate surface area is 110 Å². The number of rotatable bonds is 4. The van der Waals surface area contributed by atoms with E-state index in [0.29, 0.717) is 11.6 Å². The fraction of sp³-hybridized carbons (Fsp3) is 0.778. The van der Waals surface area contributed by atoms with Crippen molar-refractivity contribution >= 4 is 33.6 Å². The molecule has 1 unspecified atom stereocenters. The predicted octanol–water partition coefficient (Wildman–Crippen LogP) is -0.458. The van der Waals surface area contributed by atoms with Crippen LogP contribution in [0.4, 0.5) is 4.79 Å². The molecule has 2 amide bonds. The Hall–Kier alpha value is -0.960. The summed E-state index contributed by atoms with van der Waals surface area (Å²) in [5.74, 6) is -0.488. The summed E-state index contributed by atoms with van der Waals surface area (Å²) in [4.78, 5) is 25.4. The summed E-state index contributed by atoms with van der Waals surface area (Å²) in [6.45, 7) is 0.0607. The molecular formula is C9H16N2O5S2. The third kappa shape index (κ3) is 4.05. The van der Waals surface area contributed by atoms with Crippen LogP contribution < -0.4 is 0 Å². The third-order valence-electron chi connectivity index (χ3n) is 2.54. The average Bonchev–Trinajstić information content (AvgIpc) is 2.72. The number of carboxylic acid groups (broad SMARTS) is 1. The zero-order valence-electron chi connectivity index (χ0n) is 10.2. The van der Waals surface area contributed by atoms with Gasteiger partial charge in [0.25, 0.3) is 0 Å². The summed E-state index contributed by atoms with van der Waals surface area (Å²) >= 11 is 1.37. The van der Waals surface area contributed by atoms with Gasteiger partial charge in [-0.1, -0.05) is 0 Å². The second-order valence-corrected chi connectivity index (χ2v) is 7.42. The molecule has 1 atom stereocenters. The number of hydrogen-bond acceptors (Lipinski definition) is 5. The highest BCUT2D eigenvalue weighted by Gasteiger charge is 2.35. The topological polar surface area (TPSA) is 95.0 Å². The second kappa shape index (κ2) is 5.79. The SMILES string of the molecule is CN(CCS(C)(=O)=O)C(=O)N1CSCC1C(=O)O. The summed E-state index contributed by atoms with van der Waals surface area (Å²) in [5, 5.41) is 8.95. The largest absolute Gasteiger partial charge is 0.480 e. The quantitative estimate of drug-likeness (QED) is 0.754. The van der Waals surface area contributed by atoms with Crippen molar-refractivity contribution in [3.05, 3.63) is 0 Å². The predicted molar refractivity (Wildman–Crippen MR) is 68.3 cm³/mol. The molecule has 104 valence electrons. The maximum Gasteiger partial charge on any atom is 0.327 e. The van der Waals surface area contributed by atoms with Gasteiger partial charge in [0.15, 0.2) is 0 Å². The molecule has 0 aromatic rings. The molecule has 1 N–H and O–H groups in total. The van der Waals surface area contributed by atoms with E-state index in [0.717, 1.165) is 6.26 Å². The normalized spacial score (nSPS) is 19.9. The summed E-state index contributed by atoms with van der Waals surface area (Å²) in [6.07, 6.45) is 1.09. The molecule has 1 fully saturated rings. The van der Waals surface area contributed by atoms with E-state index < -0.39 is 27.9 Å². The Morgan fingerprint density at radius 1 is 1.50 bits per heavy atom. The first-order valence-corrected chi connectivity index (χ1v) is 8.44. The van der Waals surface area contributed by atoms with Crippen LogP contribution in [0.2, 0.25) is 0 Å². The Bertz CT molecular complexity index is 436. The molecule has 1 rings (SSSR count). The van der Waals surface area contributed by atoms with Crippen molar-refractivity contribution < 1.29 is 23.1 Å². The smallest absolute Gasteiger partial charge is 0.327 e. The summed E-state index contributed by atoms with van der Waals surface area (Å²) in [5.41, 5.74) is 0. The van der Waals surface area contributed by atoms with Gasteiger partial charge in [0.1, 0.15) is 15.9 Å². The van der Waals surface area contributed by atoms with E-state index in [9.17, 15) is 18.0 Å². The van der Waals surface area contributed by atoms with E-state index in [2.05, 4.69) is 0 Å². The Kier molecular flexibility index (Phi) is 4.85. The van der Waals surface area contributed by atoms with Gasteiger partial charge in [-0.15, -0.1) is 11.8 Å². The number of carboxylic acids is 1. The second-order valence-electron chi connectivity index (χ2n) is 4.16. The number of hydrogen-bond donors (Lipinski definition) is 1. The van der Waals surface area contributed by atoms with Crippen LogP contribution in [0.1, 0.15) is 0 Å². The highest BCUT2D eigenvalue weighted by molar-refractivity contribution is 7.99. The monoisotopic (exact) mass is 296 g/mol. The van der Waals surface area contributed by atoms with Crippen molar-refractivity contribution in [1.82, 2.24) is 9.80 Å². The first-order chi connectivity index (χ1) is 8.22. The number of sulfone groups is 1. The Balaban J connectivity index is 2.60. The molecule has 1 aliphatic heterocycles. The zero-order valence-corrected chi connectivity index (χ0v) is 11.8.